The van der Waals surface area contributed by atoms with E-state index in [9.17, 15) is 8.78 Å². The van der Waals surface area contributed by atoms with Gasteiger partial charge >= 0.3 is 121 Å². The van der Waals surface area contributed by atoms with Gasteiger partial charge in [-0.1, -0.05) is 0 Å². The predicted octanol–water partition coefficient (Wildman–Crippen LogP) is 3.31. The number of halogens is 2. The van der Waals surface area contributed by atoms with Gasteiger partial charge in [-0.05, 0) is 0 Å². The fourth-order valence-electron chi connectivity index (χ4n) is 2.31. The Morgan fingerprint density at radius 3 is 2.25 bits per heavy atom. The van der Waals surface area contributed by atoms with E-state index in [2.05, 4.69) is 29.4 Å². The third-order valence-corrected chi connectivity index (χ3v) is 7.81. The van der Waals surface area contributed by atoms with Crippen LogP contribution in [-0.4, -0.2) is 13.3 Å². The number of aryl methyl sites for hydroxylation is 2. The molecule has 0 bridgehead atoms. The second-order valence-corrected chi connectivity index (χ2v) is 16.9. The van der Waals surface area contributed by atoms with Crippen molar-refractivity contribution in [3.63, 3.8) is 0 Å². The van der Waals surface area contributed by atoms with Crippen LogP contribution in [0.2, 0.25) is 17.3 Å². The molecule has 0 aliphatic carbocycles. The monoisotopic (exact) mass is 338 g/mol. The van der Waals surface area contributed by atoms with Crippen molar-refractivity contribution in [1.82, 2.24) is 0 Å². The zero-order valence-corrected chi connectivity index (χ0v) is 14.7. The topological polar surface area (TPSA) is 3.88 Å². The molecule has 2 aromatic rings. The summed E-state index contributed by atoms with van der Waals surface area (Å²) in [7, 11) is 1.89. The van der Waals surface area contributed by atoms with Crippen molar-refractivity contribution >= 4 is 17.7 Å². The van der Waals surface area contributed by atoms with Crippen LogP contribution in [0, 0.1) is 18.6 Å². The summed E-state index contributed by atoms with van der Waals surface area (Å²) in [6.07, 6.45) is 1.96. The SMILES string of the molecule is Cc1cc(F)cc(F)c1-c1c[c]([Ge]([CH3])([CH3])[CH3])cc[n+]1C. The minimum absolute atomic E-state index is 0.488. The van der Waals surface area contributed by atoms with E-state index < -0.39 is 24.9 Å². The summed E-state index contributed by atoms with van der Waals surface area (Å²) in [5, 5.41) is 0. The Morgan fingerprint density at radius 2 is 1.70 bits per heavy atom. The molecule has 106 valence electrons. The van der Waals surface area contributed by atoms with Crippen molar-refractivity contribution < 1.29 is 13.3 Å². The maximum absolute atomic E-state index is 14.2. The van der Waals surface area contributed by atoms with E-state index in [4.69, 9.17) is 0 Å². The molecule has 0 unspecified atom stereocenters. The summed E-state index contributed by atoms with van der Waals surface area (Å²) < 4.78 is 30.6. The summed E-state index contributed by atoms with van der Waals surface area (Å²) in [6.45, 7) is 1.74. The van der Waals surface area contributed by atoms with Crippen molar-refractivity contribution in [3.8, 4) is 11.3 Å². The molecule has 2 rings (SSSR count). The average Bonchev–Trinajstić information content (AvgIpc) is 2.28. The van der Waals surface area contributed by atoms with Crippen molar-refractivity contribution in [2.24, 2.45) is 7.05 Å². The molecule has 20 heavy (non-hydrogen) atoms. The molecular formula is C16H20F2GeN+. The Hall–Kier alpha value is -1.23. The summed E-state index contributed by atoms with van der Waals surface area (Å²) >= 11 is -1.99. The number of hydrogen-bond acceptors (Lipinski definition) is 0. The van der Waals surface area contributed by atoms with Crippen LogP contribution in [0.15, 0.2) is 30.5 Å². The fraction of sp³-hybridized carbons (Fsp3) is 0.312. The molecule has 1 nitrogen and oxygen atoms in total. The molecule has 4 heteroatoms. The predicted molar refractivity (Wildman–Crippen MR) is 80.7 cm³/mol. The van der Waals surface area contributed by atoms with Gasteiger partial charge in [-0.25, -0.2) is 0 Å². The van der Waals surface area contributed by atoms with Crippen LogP contribution in [0.4, 0.5) is 8.78 Å². The molecule has 1 aromatic carbocycles. The van der Waals surface area contributed by atoms with E-state index in [1.54, 1.807) is 6.92 Å². The summed E-state index contributed by atoms with van der Waals surface area (Å²) in [5.41, 5.74) is 1.91. The van der Waals surface area contributed by atoms with Crippen LogP contribution >= 0.6 is 0 Å². The summed E-state index contributed by atoms with van der Waals surface area (Å²) in [5.74, 6) is 5.86. The van der Waals surface area contributed by atoms with E-state index >= 15 is 0 Å². The van der Waals surface area contributed by atoms with E-state index in [0.717, 1.165) is 11.8 Å². The van der Waals surface area contributed by atoms with Gasteiger partial charge < -0.3 is 0 Å². The van der Waals surface area contributed by atoms with Gasteiger partial charge in [0.15, 0.2) is 0 Å². The third kappa shape index (κ3) is 2.92. The van der Waals surface area contributed by atoms with Gasteiger partial charge in [0.1, 0.15) is 0 Å². The molecule has 0 amide bonds. The average molecular weight is 337 g/mol. The Morgan fingerprint density at radius 1 is 1.05 bits per heavy atom. The number of pyridine rings is 1. The molecule has 0 aliphatic rings. The molecule has 0 atom stereocenters. The first-order chi connectivity index (χ1) is 9.20. The van der Waals surface area contributed by atoms with E-state index in [0.29, 0.717) is 11.1 Å². The molecular weight excluding hydrogens is 317 g/mol. The number of benzene rings is 1. The van der Waals surface area contributed by atoms with Crippen LogP contribution in [0.1, 0.15) is 5.56 Å². The van der Waals surface area contributed by atoms with Crippen LogP contribution in [0.3, 0.4) is 0 Å². The molecule has 0 saturated heterocycles. The second-order valence-electron chi connectivity index (χ2n) is 6.24. The fourth-order valence-corrected chi connectivity index (χ4v) is 4.71. The molecule has 0 saturated carbocycles. The van der Waals surface area contributed by atoms with Gasteiger partial charge in [-0.15, -0.1) is 0 Å². The van der Waals surface area contributed by atoms with E-state index in [1.165, 1.54) is 10.5 Å². The summed E-state index contributed by atoms with van der Waals surface area (Å²) in [4.78, 5) is 0. The second kappa shape index (κ2) is 5.28. The van der Waals surface area contributed by atoms with E-state index in [-0.39, 0.29) is 0 Å². The number of aromatic nitrogens is 1. The molecule has 0 radical (unpaired) electrons. The van der Waals surface area contributed by atoms with Gasteiger partial charge in [-0.2, -0.15) is 0 Å². The quantitative estimate of drug-likeness (QED) is 0.585. The standard InChI is InChI=1S/C16H20F2GeN/c1-11-8-12(17)9-14(18)16(11)15-10-13(19(2,3)4)6-7-20(15)5/h6-10H,1-5H3/q+1. The summed E-state index contributed by atoms with van der Waals surface area (Å²) in [6, 6.07) is 6.50. The Kier molecular flexibility index (Phi) is 4.00. The first-order valence-corrected chi connectivity index (χ1v) is 14.0. The Labute approximate surface area is 121 Å². The normalized spacial score (nSPS) is 11.8. The van der Waals surface area contributed by atoms with Gasteiger partial charge in [-0.3, -0.25) is 0 Å². The first kappa shape index (κ1) is 15.2. The zero-order valence-electron chi connectivity index (χ0n) is 12.6. The van der Waals surface area contributed by atoms with Gasteiger partial charge in [0.2, 0.25) is 0 Å². The van der Waals surface area contributed by atoms with Crippen molar-refractivity contribution in [2.45, 2.75) is 24.2 Å². The van der Waals surface area contributed by atoms with Crippen LogP contribution in [0.5, 0.6) is 0 Å². The molecule has 0 aliphatic heterocycles. The van der Waals surface area contributed by atoms with Gasteiger partial charge in [0.05, 0.1) is 0 Å². The number of hydrogen-bond donors (Lipinski definition) is 0. The molecule has 0 N–H and O–H groups in total. The number of rotatable bonds is 2. The Balaban J connectivity index is 2.70. The molecule has 1 aromatic heterocycles. The maximum atomic E-state index is 14.2. The zero-order chi connectivity index (χ0) is 15.1. The first-order valence-electron chi connectivity index (χ1n) is 6.66. The van der Waals surface area contributed by atoms with Crippen molar-refractivity contribution in [1.29, 1.82) is 0 Å². The third-order valence-electron chi connectivity index (χ3n) is 3.52. The van der Waals surface area contributed by atoms with E-state index in [1.807, 2.05) is 17.8 Å². The molecule has 0 spiro atoms. The molecule has 0 fully saturated rings. The van der Waals surface area contributed by atoms with Crippen molar-refractivity contribution in [3.05, 3.63) is 47.7 Å². The number of nitrogens with zero attached hydrogens (tertiary/aromatic N) is 1. The van der Waals surface area contributed by atoms with Gasteiger partial charge in [0, 0.05) is 0 Å². The van der Waals surface area contributed by atoms with Crippen LogP contribution < -0.4 is 8.96 Å². The minimum atomic E-state index is -1.99. The molecule has 1 heterocycles. The van der Waals surface area contributed by atoms with Crippen LogP contribution in [0.25, 0.3) is 11.3 Å². The van der Waals surface area contributed by atoms with Crippen LogP contribution in [-0.2, 0) is 7.05 Å². The van der Waals surface area contributed by atoms with Gasteiger partial charge in [0.25, 0.3) is 0 Å². The Bertz CT molecular complexity index is 637. The van der Waals surface area contributed by atoms with Crippen molar-refractivity contribution in [2.75, 3.05) is 0 Å².